The topological polar surface area (TPSA) is 62.5 Å². The summed E-state index contributed by atoms with van der Waals surface area (Å²) in [7, 11) is 0. The third-order valence-electron chi connectivity index (χ3n) is 6.36. The van der Waals surface area contributed by atoms with E-state index in [0.29, 0.717) is 12.2 Å². The van der Waals surface area contributed by atoms with E-state index in [4.69, 9.17) is 26.7 Å². The molecule has 1 aliphatic heterocycles. The summed E-state index contributed by atoms with van der Waals surface area (Å²) >= 11 is 6.03. The summed E-state index contributed by atoms with van der Waals surface area (Å²) in [6.07, 6.45) is 5.75. The molecule has 1 aliphatic carbocycles. The molecule has 1 aromatic carbocycles. The van der Waals surface area contributed by atoms with Crippen molar-refractivity contribution in [2.75, 3.05) is 36.0 Å². The molecule has 4 aromatic rings. The van der Waals surface area contributed by atoms with Gasteiger partial charge in [0.1, 0.15) is 11.6 Å². The number of hydrogen-bond acceptors (Lipinski definition) is 6. The molecule has 3 aromatic heterocycles. The van der Waals surface area contributed by atoms with Crippen LogP contribution in [0.3, 0.4) is 0 Å². The summed E-state index contributed by atoms with van der Waals surface area (Å²) in [5, 5.41) is 5.64. The normalized spacial score (nSPS) is 16.0. The molecule has 4 heterocycles. The molecular weight excluding hydrogens is 422 g/mol. The number of nitrogens with zero attached hydrogens (tertiary/aromatic N) is 7. The van der Waals surface area contributed by atoms with Gasteiger partial charge in [-0.15, -0.1) is 5.10 Å². The Balaban J connectivity index is 1.32. The van der Waals surface area contributed by atoms with Gasteiger partial charge < -0.3 is 9.80 Å². The molecule has 0 N–H and O–H groups in total. The van der Waals surface area contributed by atoms with Crippen LogP contribution in [0.15, 0.2) is 48.7 Å². The first-order valence-corrected chi connectivity index (χ1v) is 11.6. The molecule has 1 saturated heterocycles. The van der Waals surface area contributed by atoms with Crippen LogP contribution < -0.4 is 9.80 Å². The van der Waals surface area contributed by atoms with Crippen molar-refractivity contribution in [2.45, 2.75) is 25.7 Å². The van der Waals surface area contributed by atoms with Crippen molar-refractivity contribution in [1.29, 1.82) is 0 Å². The molecule has 8 heteroatoms. The maximum absolute atomic E-state index is 6.03. The Bertz CT molecular complexity index is 1250. The van der Waals surface area contributed by atoms with Crippen molar-refractivity contribution in [3.8, 4) is 0 Å². The molecule has 0 amide bonds. The van der Waals surface area contributed by atoms with Crippen molar-refractivity contribution < 1.29 is 0 Å². The van der Waals surface area contributed by atoms with Crippen LogP contribution in [0.5, 0.6) is 0 Å². The quantitative estimate of drug-likeness (QED) is 0.478. The van der Waals surface area contributed by atoms with E-state index >= 15 is 0 Å². The summed E-state index contributed by atoms with van der Waals surface area (Å²) < 4.78 is 1.98. The van der Waals surface area contributed by atoms with Crippen LogP contribution in [0.1, 0.15) is 29.1 Å². The summed E-state index contributed by atoms with van der Waals surface area (Å²) in [6, 6.07) is 14.0. The van der Waals surface area contributed by atoms with Crippen LogP contribution in [0.25, 0.3) is 5.78 Å². The number of benzene rings is 1. The second-order valence-electron chi connectivity index (χ2n) is 8.42. The van der Waals surface area contributed by atoms with Gasteiger partial charge in [0, 0.05) is 49.4 Å². The second-order valence-corrected chi connectivity index (χ2v) is 8.86. The fraction of sp³-hybridized carbons (Fsp3) is 0.333. The Morgan fingerprint density at radius 2 is 1.69 bits per heavy atom. The average Bonchev–Trinajstić information content (AvgIpc) is 3.46. The molecule has 1 fully saturated rings. The maximum Gasteiger partial charge on any atom is 0.254 e. The predicted octanol–water partition coefficient (Wildman–Crippen LogP) is 3.58. The van der Waals surface area contributed by atoms with Crippen LogP contribution in [-0.2, 0) is 19.3 Å². The molecular formula is C24H24ClN7. The maximum atomic E-state index is 6.03. The van der Waals surface area contributed by atoms with E-state index in [9.17, 15) is 0 Å². The smallest absolute Gasteiger partial charge is 0.254 e. The second kappa shape index (κ2) is 8.06. The summed E-state index contributed by atoms with van der Waals surface area (Å²) in [6.45, 7) is 3.72. The van der Waals surface area contributed by atoms with E-state index in [-0.39, 0.29) is 0 Å². The molecule has 0 radical (unpaired) electrons. The minimum absolute atomic E-state index is 0.665. The van der Waals surface area contributed by atoms with Crippen LogP contribution in [0.2, 0.25) is 5.02 Å². The van der Waals surface area contributed by atoms with Gasteiger partial charge in [-0.1, -0.05) is 29.8 Å². The standard InChI is InChI=1S/C24H24ClN7/c25-18-9-7-17(8-10-18)16-21-28-24-27-20-5-3-4-19(20)23(32(24)29-21)31-14-12-30(13-15-31)22-6-1-2-11-26-22/h1-2,6-11H,3-5,12-16H2. The highest BCUT2D eigenvalue weighted by Crippen LogP contribution is 2.32. The Morgan fingerprint density at radius 1 is 0.875 bits per heavy atom. The molecule has 6 rings (SSSR count). The number of rotatable bonds is 4. The highest BCUT2D eigenvalue weighted by Gasteiger charge is 2.28. The van der Waals surface area contributed by atoms with Gasteiger partial charge in [0.2, 0.25) is 0 Å². The van der Waals surface area contributed by atoms with E-state index in [2.05, 4.69) is 20.9 Å². The highest BCUT2D eigenvalue weighted by atomic mass is 35.5. The number of aryl methyl sites for hydroxylation is 1. The summed E-state index contributed by atoms with van der Waals surface area (Å²) in [4.78, 5) is 19.0. The third kappa shape index (κ3) is 3.56. The number of hydrogen-bond donors (Lipinski definition) is 0. The molecule has 0 atom stereocenters. The van der Waals surface area contributed by atoms with Gasteiger partial charge in [-0.2, -0.15) is 9.50 Å². The van der Waals surface area contributed by atoms with E-state index in [0.717, 1.165) is 67.7 Å². The van der Waals surface area contributed by atoms with Crippen molar-refractivity contribution in [1.82, 2.24) is 24.6 Å². The Labute approximate surface area is 191 Å². The third-order valence-corrected chi connectivity index (χ3v) is 6.61. The van der Waals surface area contributed by atoms with Crippen LogP contribution in [0.4, 0.5) is 11.6 Å². The number of halogens is 1. The minimum atomic E-state index is 0.665. The molecule has 2 aliphatic rings. The molecule has 0 saturated carbocycles. The predicted molar refractivity (Wildman–Crippen MR) is 126 cm³/mol. The zero-order valence-corrected chi connectivity index (χ0v) is 18.5. The first-order chi connectivity index (χ1) is 15.7. The lowest BCUT2D eigenvalue weighted by atomic mass is 10.1. The van der Waals surface area contributed by atoms with Gasteiger partial charge in [-0.05, 0) is 49.1 Å². The first kappa shape index (κ1) is 19.5. The van der Waals surface area contributed by atoms with Crippen LogP contribution >= 0.6 is 11.6 Å². The monoisotopic (exact) mass is 445 g/mol. The van der Waals surface area contributed by atoms with Gasteiger partial charge in [-0.3, -0.25) is 0 Å². The zero-order chi connectivity index (χ0) is 21.5. The number of fused-ring (bicyclic) bond motifs is 2. The number of pyridine rings is 1. The number of aromatic nitrogens is 5. The molecule has 32 heavy (non-hydrogen) atoms. The zero-order valence-electron chi connectivity index (χ0n) is 17.8. The Morgan fingerprint density at radius 3 is 2.47 bits per heavy atom. The van der Waals surface area contributed by atoms with Gasteiger partial charge in [-0.25, -0.2) is 9.97 Å². The average molecular weight is 446 g/mol. The van der Waals surface area contributed by atoms with Crippen LogP contribution in [-0.4, -0.2) is 50.7 Å². The van der Waals surface area contributed by atoms with E-state index in [1.165, 1.54) is 17.1 Å². The molecule has 7 nitrogen and oxygen atoms in total. The minimum Gasteiger partial charge on any atom is -0.353 e. The fourth-order valence-electron chi connectivity index (χ4n) is 4.77. The summed E-state index contributed by atoms with van der Waals surface area (Å²) in [5.74, 6) is 3.72. The lowest BCUT2D eigenvalue weighted by molar-refractivity contribution is 0.630. The molecule has 0 bridgehead atoms. The van der Waals surface area contributed by atoms with Gasteiger partial charge in [0.25, 0.3) is 5.78 Å². The van der Waals surface area contributed by atoms with E-state index < -0.39 is 0 Å². The van der Waals surface area contributed by atoms with Crippen molar-refractivity contribution in [3.05, 3.63) is 76.3 Å². The van der Waals surface area contributed by atoms with Gasteiger partial charge in [0.15, 0.2) is 5.82 Å². The van der Waals surface area contributed by atoms with Gasteiger partial charge >= 0.3 is 0 Å². The van der Waals surface area contributed by atoms with Crippen molar-refractivity contribution >= 4 is 29.0 Å². The lowest BCUT2D eigenvalue weighted by Gasteiger charge is -2.37. The SMILES string of the molecule is Clc1ccc(Cc2nc3nc4c(c(N5CCN(c6ccccn6)CC5)n3n2)CCC4)cc1. The number of anilines is 2. The Kier molecular flexibility index (Phi) is 4.91. The number of piperazine rings is 1. The molecule has 0 unspecified atom stereocenters. The first-order valence-electron chi connectivity index (χ1n) is 11.2. The highest BCUT2D eigenvalue weighted by molar-refractivity contribution is 6.30. The lowest BCUT2D eigenvalue weighted by Crippen LogP contribution is -2.47. The van der Waals surface area contributed by atoms with Crippen molar-refractivity contribution in [2.24, 2.45) is 0 Å². The molecule has 162 valence electrons. The molecule has 0 spiro atoms. The van der Waals surface area contributed by atoms with E-state index in [1.54, 1.807) is 0 Å². The van der Waals surface area contributed by atoms with Gasteiger partial charge in [0.05, 0.1) is 5.69 Å². The van der Waals surface area contributed by atoms with Crippen molar-refractivity contribution in [3.63, 3.8) is 0 Å². The summed E-state index contributed by atoms with van der Waals surface area (Å²) in [5.41, 5.74) is 3.67. The largest absolute Gasteiger partial charge is 0.353 e. The van der Waals surface area contributed by atoms with Crippen LogP contribution in [0, 0.1) is 0 Å². The van der Waals surface area contributed by atoms with E-state index in [1.807, 2.05) is 47.1 Å². The Hall–Kier alpha value is -3.19. The fourth-order valence-corrected chi connectivity index (χ4v) is 4.90.